The number of hydrogen-bond donors (Lipinski definition) is 1. The molecule has 0 amide bonds. The van der Waals surface area contributed by atoms with Crippen molar-refractivity contribution in [2.75, 3.05) is 4.72 Å². The molecule has 0 unspecified atom stereocenters. The fourth-order valence-corrected chi connectivity index (χ4v) is 4.40. The molecule has 0 saturated heterocycles. The first-order chi connectivity index (χ1) is 15.1. The Balaban J connectivity index is 1.74. The Morgan fingerprint density at radius 1 is 0.938 bits per heavy atom. The van der Waals surface area contributed by atoms with Gasteiger partial charge in [0.1, 0.15) is 5.82 Å². The summed E-state index contributed by atoms with van der Waals surface area (Å²) in [4.78, 5) is 16.9. The number of sulfonamides is 1. The molecule has 0 saturated carbocycles. The molecule has 1 N–H and O–H groups in total. The van der Waals surface area contributed by atoms with Crippen molar-refractivity contribution < 1.29 is 21.6 Å². The maximum absolute atomic E-state index is 13.0. The summed E-state index contributed by atoms with van der Waals surface area (Å²) in [6.45, 7) is 1.65. The van der Waals surface area contributed by atoms with Crippen molar-refractivity contribution >= 4 is 26.6 Å². The van der Waals surface area contributed by atoms with Crippen molar-refractivity contribution in [2.45, 2.75) is 18.0 Å². The molecule has 0 spiro atoms. The van der Waals surface area contributed by atoms with E-state index in [1.807, 2.05) is 0 Å². The van der Waals surface area contributed by atoms with Gasteiger partial charge in [-0.05, 0) is 55.5 Å². The van der Waals surface area contributed by atoms with Gasteiger partial charge in [-0.3, -0.25) is 14.1 Å². The average molecular weight is 459 g/mol. The van der Waals surface area contributed by atoms with Gasteiger partial charge in [0, 0.05) is 0 Å². The first-order valence-electron chi connectivity index (χ1n) is 9.35. The SMILES string of the molecule is Cc1nc2ccccc2c(=O)n1-c1cccc(NS(=O)(=O)c2cccc(C(F)(F)F)c2)c1. The molecule has 0 aliphatic rings. The smallest absolute Gasteiger partial charge is 0.280 e. The topological polar surface area (TPSA) is 81.1 Å². The summed E-state index contributed by atoms with van der Waals surface area (Å²) in [7, 11) is -4.30. The van der Waals surface area contributed by atoms with E-state index >= 15 is 0 Å². The van der Waals surface area contributed by atoms with Gasteiger partial charge in [0.15, 0.2) is 0 Å². The molecule has 0 radical (unpaired) electrons. The van der Waals surface area contributed by atoms with E-state index in [-0.39, 0.29) is 11.2 Å². The first-order valence-corrected chi connectivity index (χ1v) is 10.8. The first kappa shape index (κ1) is 21.6. The Labute approximate surface area is 181 Å². The lowest BCUT2D eigenvalue weighted by Crippen LogP contribution is -2.22. The van der Waals surface area contributed by atoms with Crippen LogP contribution in [0.5, 0.6) is 0 Å². The second-order valence-corrected chi connectivity index (χ2v) is 8.68. The maximum atomic E-state index is 13.0. The van der Waals surface area contributed by atoms with E-state index in [4.69, 9.17) is 0 Å². The zero-order valence-corrected chi connectivity index (χ0v) is 17.4. The Morgan fingerprint density at radius 2 is 1.66 bits per heavy atom. The molecule has 0 fully saturated rings. The Kier molecular flexibility index (Phi) is 5.25. The van der Waals surface area contributed by atoms with Gasteiger partial charge < -0.3 is 0 Å². The largest absolute Gasteiger partial charge is 0.416 e. The molecule has 0 atom stereocenters. The number of hydrogen-bond acceptors (Lipinski definition) is 4. The summed E-state index contributed by atoms with van der Waals surface area (Å²) in [5.41, 5.74) is -0.424. The molecular formula is C22H16F3N3O3S. The summed E-state index contributed by atoms with van der Waals surface area (Å²) >= 11 is 0. The molecule has 1 aromatic heterocycles. The lowest BCUT2D eigenvalue weighted by atomic mass is 10.2. The highest BCUT2D eigenvalue weighted by Crippen LogP contribution is 2.31. The molecule has 0 aliphatic heterocycles. The van der Waals surface area contributed by atoms with Crippen molar-refractivity contribution in [3.63, 3.8) is 0 Å². The summed E-state index contributed by atoms with van der Waals surface area (Å²) in [6.07, 6.45) is -4.67. The van der Waals surface area contributed by atoms with Crippen LogP contribution < -0.4 is 10.3 Å². The summed E-state index contributed by atoms with van der Waals surface area (Å²) in [5, 5.41) is 0.396. The summed E-state index contributed by atoms with van der Waals surface area (Å²) in [6, 6.07) is 16.3. The summed E-state index contributed by atoms with van der Waals surface area (Å²) < 4.78 is 67.8. The van der Waals surface area contributed by atoms with E-state index < -0.39 is 26.7 Å². The van der Waals surface area contributed by atoms with Gasteiger partial charge in [-0.25, -0.2) is 13.4 Å². The minimum Gasteiger partial charge on any atom is -0.280 e. The molecule has 164 valence electrons. The molecule has 1 heterocycles. The predicted octanol–water partition coefficient (Wildman–Crippen LogP) is 4.51. The zero-order valence-electron chi connectivity index (χ0n) is 16.6. The lowest BCUT2D eigenvalue weighted by Gasteiger charge is -2.14. The number of rotatable bonds is 4. The lowest BCUT2D eigenvalue weighted by molar-refractivity contribution is -0.137. The maximum Gasteiger partial charge on any atom is 0.416 e. The Morgan fingerprint density at radius 3 is 2.41 bits per heavy atom. The highest BCUT2D eigenvalue weighted by Gasteiger charge is 2.31. The minimum absolute atomic E-state index is 0.0828. The second-order valence-electron chi connectivity index (χ2n) is 7.00. The van der Waals surface area contributed by atoms with Gasteiger partial charge >= 0.3 is 6.18 Å². The van der Waals surface area contributed by atoms with Crippen molar-refractivity contribution in [1.82, 2.24) is 9.55 Å². The van der Waals surface area contributed by atoms with Gasteiger partial charge in [-0.1, -0.05) is 24.3 Å². The number of halogens is 3. The monoisotopic (exact) mass is 459 g/mol. The van der Waals surface area contributed by atoms with Crippen molar-refractivity contribution in [3.8, 4) is 5.69 Å². The van der Waals surface area contributed by atoms with E-state index in [1.54, 1.807) is 37.3 Å². The average Bonchev–Trinajstić information content (AvgIpc) is 2.73. The van der Waals surface area contributed by atoms with Crippen LogP contribution in [-0.4, -0.2) is 18.0 Å². The molecule has 6 nitrogen and oxygen atoms in total. The number of para-hydroxylation sites is 1. The molecule has 32 heavy (non-hydrogen) atoms. The van der Waals surface area contributed by atoms with E-state index in [9.17, 15) is 26.4 Å². The van der Waals surface area contributed by atoms with Crippen LogP contribution in [0, 0.1) is 6.92 Å². The van der Waals surface area contributed by atoms with Crippen LogP contribution >= 0.6 is 0 Å². The van der Waals surface area contributed by atoms with E-state index in [1.165, 1.54) is 22.8 Å². The van der Waals surface area contributed by atoms with Crippen molar-refractivity contribution in [3.05, 3.63) is 94.5 Å². The van der Waals surface area contributed by atoms with Crippen LogP contribution in [0.15, 0.2) is 82.5 Å². The highest BCUT2D eigenvalue weighted by molar-refractivity contribution is 7.92. The number of fused-ring (bicyclic) bond motifs is 1. The highest BCUT2D eigenvalue weighted by atomic mass is 32.2. The number of aromatic nitrogens is 2. The third-order valence-corrected chi connectivity index (χ3v) is 6.15. The molecule has 3 aromatic carbocycles. The summed E-state index contributed by atoms with van der Waals surface area (Å²) in [5.74, 6) is 0.395. The van der Waals surface area contributed by atoms with Crippen LogP contribution in [0.3, 0.4) is 0 Å². The van der Waals surface area contributed by atoms with E-state index in [2.05, 4.69) is 9.71 Å². The van der Waals surface area contributed by atoms with Crippen LogP contribution in [0.1, 0.15) is 11.4 Å². The van der Waals surface area contributed by atoms with Crippen LogP contribution in [0.4, 0.5) is 18.9 Å². The molecule has 10 heteroatoms. The second kappa shape index (κ2) is 7.79. The van der Waals surface area contributed by atoms with Crippen LogP contribution in [0.25, 0.3) is 16.6 Å². The third-order valence-electron chi connectivity index (χ3n) is 4.77. The normalized spacial score (nSPS) is 12.1. The number of nitrogens with one attached hydrogen (secondary N) is 1. The van der Waals surface area contributed by atoms with E-state index in [0.717, 1.165) is 18.2 Å². The van der Waals surface area contributed by atoms with Gasteiger partial charge in [0.05, 0.1) is 32.7 Å². The van der Waals surface area contributed by atoms with Gasteiger partial charge in [0.25, 0.3) is 15.6 Å². The fourth-order valence-electron chi connectivity index (χ4n) is 3.31. The number of aryl methyl sites for hydroxylation is 1. The van der Waals surface area contributed by atoms with Gasteiger partial charge in [0.2, 0.25) is 0 Å². The van der Waals surface area contributed by atoms with Crippen LogP contribution in [0.2, 0.25) is 0 Å². The Hall–Kier alpha value is -3.66. The molecule has 4 rings (SSSR count). The van der Waals surface area contributed by atoms with Gasteiger partial charge in [-0.15, -0.1) is 0 Å². The predicted molar refractivity (Wildman–Crippen MR) is 114 cm³/mol. The van der Waals surface area contributed by atoms with Crippen molar-refractivity contribution in [2.24, 2.45) is 0 Å². The number of benzene rings is 3. The van der Waals surface area contributed by atoms with Gasteiger partial charge in [-0.2, -0.15) is 13.2 Å². The number of alkyl halides is 3. The van der Waals surface area contributed by atoms with Crippen molar-refractivity contribution in [1.29, 1.82) is 0 Å². The Bertz CT molecular complexity index is 1500. The molecule has 0 bridgehead atoms. The molecule has 0 aliphatic carbocycles. The fraction of sp³-hybridized carbons (Fsp3) is 0.0909. The standard InChI is InChI=1S/C22H16F3N3O3S/c1-14-26-20-11-3-2-10-19(20)21(29)28(14)17-8-5-7-16(13-17)27-32(30,31)18-9-4-6-15(12-18)22(23,24)25/h2-13,27H,1H3. The quantitative estimate of drug-likeness (QED) is 0.487. The minimum atomic E-state index is -4.67. The molecule has 4 aromatic rings. The van der Waals surface area contributed by atoms with Crippen LogP contribution in [-0.2, 0) is 16.2 Å². The number of anilines is 1. The zero-order chi connectivity index (χ0) is 23.1. The van der Waals surface area contributed by atoms with E-state index in [0.29, 0.717) is 28.5 Å². The number of nitrogens with zero attached hydrogens (tertiary/aromatic N) is 2. The third kappa shape index (κ3) is 4.09. The molecular weight excluding hydrogens is 443 g/mol.